The molecule has 0 aliphatic heterocycles. The minimum atomic E-state index is -4.11. The van der Waals surface area contributed by atoms with E-state index in [1.54, 1.807) is 0 Å². The Labute approximate surface area is 88.4 Å². The highest BCUT2D eigenvalue weighted by atomic mass is 19.4. The molecule has 0 aromatic rings. The van der Waals surface area contributed by atoms with Crippen molar-refractivity contribution in [2.45, 2.75) is 44.3 Å². The van der Waals surface area contributed by atoms with Crippen molar-refractivity contribution >= 4 is 0 Å². The maximum absolute atomic E-state index is 12.5. The second-order valence-electron chi connectivity index (χ2n) is 4.35. The van der Waals surface area contributed by atoms with Crippen molar-refractivity contribution in [1.29, 1.82) is 0 Å². The van der Waals surface area contributed by atoms with Gasteiger partial charge in [-0.2, -0.15) is 13.2 Å². The Balaban J connectivity index is 2.36. The molecule has 3 N–H and O–H groups in total. The summed E-state index contributed by atoms with van der Waals surface area (Å²) < 4.78 is 37.6. The quantitative estimate of drug-likeness (QED) is 0.724. The summed E-state index contributed by atoms with van der Waals surface area (Å²) in [7, 11) is 0. The van der Waals surface area contributed by atoms with Crippen molar-refractivity contribution in [3.05, 3.63) is 0 Å². The standard InChI is InChI=1S/C10H19F3N2/c1-2-3-8(6-14)7-15-9(4-5-9)10(11,12)13/h8,15H,2-7,14H2,1H3. The summed E-state index contributed by atoms with van der Waals surface area (Å²) >= 11 is 0. The van der Waals surface area contributed by atoms with Crippen LogP contribution in [-0.2, 0) is 0 Å². The molecular weight excluding hydrogens is 205 g/mol. The van der Waals surface area contributed by atoms with Crippen molar-refractivity contribution in [2.75, 3.05) is 13.1 Å². The van der Waals surface area contributed by atoms with Gasteiger partial charge in [0.05, 0.1) is 0 Å². The lowest BCUT2D eigenvalue weighted by Crippen LogP contribution is -2.47. The maximum Gasteiger partial charge on any atom is 0.406 e. The third-order valence-corrected chi connectivity index (χ3v) is 3.05. The number of halogens is 3. The van der Waals surface area contributed by atoms with Gasteiger partial charge in [0, 0.05) is 0 Å². The first kappa shape index (κ1) is 12.8. The molecule has 1 saturated carbocycles. The lowest BCUT2D eigenvalue weighted by atomic mass is 10.0. The van der Waals surface area contributed by atoms with Crippen LogP contribution in [0.2, 0.25) is 0 Å². The van der Waals surface area contributed by atoms with Crippen LogP contribution in [0.5, 0.6) is 0 Å². The van der Waals surface area contributed by atoms with Crippen LogP contribution in [0, 0.1) is 5.92 Å². The van der Waals surface area contributed by atoms with Gasteiger partial charge in [-0.3, -0.25) is 0 Å². The predicted molar refractivity (Wildman–Crippen MR) is 53.5 cm³/mol. The first-order valence-electron chi connectivity index (χ1n) is 5.47. The zero-order valence-electron chi connectivity index (χ0n) is 9.03. The predicted octanol–water partition coefficient (Wildman–Crippen LogP) is 2.05. The SMILES string of the molecule is CCCC(CN)CNC1(C(F)(F)F)CC1. The van der Waals surface area contributed by atoms with E-state index in [1.807, 2.05) is 6.92 Å². The van der Waals surface area contributed by atoms with E-state index in [1.165, 1.54) is 0 Å². The average Bonchev–Trinajstić information content (AvgIpc) is 2.92. The van der Waals surface area contributed by atoms with Crippen molar-refractivity contribution < 1.29 is 13.2 Å². The molecular formula is C10H19F3N2. The molecule has 0 aromatic heterocycles. The van der Waals surface area contributed by atoms with E-state index in [9.17, 15) is 13.2 Å². The Morgan fingerprint density at radius 2 is 2.00 bits per heavy atom. The van der Waals surface area contributed by atoms with E-state index in [0.717, 1.165) is 12.8 Å². The van der Waals surface area contributed by atoms with Crippen LogP contribution in [0.4, 0.5) is 13.2 Å². The van der Waals surface area contributed by atoms with E-state index >= 15 is 0 Å². The van der Waals surface area contributed by atoms with Crippen LogP contribution in [0.25, 0.3) is 0 Å². The smallest absolute Gasteiger partial charge is 0.330 e. The molecule has 0 saturated heterocycles. The molecule has 1 fully saturated rings. The van der Waals surface area contributed by atoms with Crippen molar-refractivity contribution in [3.8, 4) is 0 Å². The first-order chi connectivity index (χ1) is 6.95. The minimum absolute atomic E-state index is 0.162. The summed E-state index contributed by atoms with van der Waals surface area (Å²) in [6.07, 6.45) is -1.85. The van der Waals surface area contributed by atoms with Gasteiger partial charge in [0.15, 0.2) is 0 Å². The number of nitrogens with one attached hydrogen (secondary N) is 1. The van der Waals surface area contributed by atoms with Crippen LogP contribution < -0.4 is 11.1 Å². The van der Waals surface area contributed by atoms with Crippen molar-refractivity contribution in [2.24, 2.45) is 11.7 Å². The lowest BCUT2D eigenvalue weighted by Gasteiger charge is -2.23. The molecule has 0 aromatic carbocycles. The van der Waals surface area contributed by atoms with Gasteiger partial charge in [-0.1, -0.05) is 13.3 Å². The highest BCUT2D eigenvalue weighted by Crippen LogP contribution is 2.48. The molecule has 1 atom stereocenters. The van der Waals surface area contributed by atoms with Gasteiger partial charge in [0.25, 0.3) is 0 Å². The van der Waals surface area contributed by atoms with Crippen LogP contribution in [-0.4, -0.2) is 24.8 Å². The van der Waals surface area contributed by atoms with Crippen LogP contribution in [0.15, 0.2) is 0 Å². The largest absolute Gasteiger partial charge is 0.406 e. The molecule has 0 radical (unpaired) electrons. The number of alkyl halides is 3. The lowest BCUT2D eigenvalue weighted by molar-refractivity contribution is -0.166. The summed E-state index contributed by atoms with van der Waals surface area (Å²) in [5, 5.41) is 2.64. The summed E-state index contributed by atoms with van der Waals surface area (Å²) in [6, 6.07) is 0. The third-order valence-electron chi connectivity index (χ3n) is 3.05. The third kappa shape index (κ3) is 3.08. The molecule has 0 bridgehead atoms. The number of hydrogen-bond acceptors (Lipinski definition) is 2. The van der Waals surface area contributed by atoms with Gasteiger partial charge in [-0.25, -0.2) is 0 Å². The Morgan fingerprint density at radius 3 is 2.33 bits per heavy atom. The van der Waals surface area contributed by atoms with Gasteiger partial charge < -0.3 is 11.1 Å². The molecule has 0 amide bonds. The van der Waals surface area contributed by atoms with Crippen molar-refractivity contribution in [1.82, 2.24) is 5.32 Å². The molecule has 90 valence electrons. The topological polar surface area (TPSA) is 38.0 Å². The zero-order chi connectivity index (χ0) is 11.5. The second kappa shape index (κ2) is 4.70. The number of rotatable bonds is 6. The fourth-order valence-corrected chi connectivity index (χ4v) is 1.74. The summed E-state index contributed by atoms with van der Waals surface area (Å²) in [5.74, 6) is 0.162. The van der Waals surface area contributed by atoms with Crippen LogP contribution in [0.3, 0.4) is 0 Å². The Bertz CT molecular complexity index is 199. The summed E-state index contributed by atoms with van der Waals surface area (Å²) in [5.41, 5.74) is 3.91. The normalized spacial score (nSPS) is 21.4. The van der Waals surface area contributed by atoms with Gasteiger partial charge in [0.1, 0.15) is 5.54 Å². The van der Waals surface area contributed by atoms with Crippen LogP contribution in [0.1, 0.15) is 32.6 Å². The van der Waals surface area contributed by atoms with E-state index in [2.05, 4.69) is 5.32 Å². The highest BCUT2D eigenvalue weighted by molar-refractivity contribution is 5.07. The van der Waals surface area contributed by atoms with Gasteiger partial charge >= 0.3 is 6.18 Å². The average molecular weight is 224 g/mol. The fraction of sp³-hybridized carbons (Fsp3) is 1.00. The van der Waals surface area contributed by atoms with E-state index in [-0.39, 0.29) is 18.8 Å². The molecule has 0 spiro atoms. The van der Waals surface area contributed by atoms with E-state index < -0.39 is 11.7 Å². The molecule has 0 heterocycles. The molecule has 2 nitrogen and oxygen atoms in total. The van der Waals surface area contributed by atoms with E-state index in [0.29, 0.717) is 13.1 Å². The molecule has 1 unspecified atom stereocenters. The van der Waals surface area contributed by atoms with Gasteiger partial charge in [0.2, 0.25) is 0 Å². The molecule has 15 heavy (non-hydrogen) atoms. The number of hydrogen-bond donors (Lipinski definition) is 2. The fourth-order valence-electron chi connectivity index (χ4n) is 1.74. The second-order valence-corrected chi connectivity index (χ2v) is 4.35. The summed E-state index contributed by atoms with van der Waals surface area (Å²) in [6.45, 7) is 2.85. The monoisotopic (exact) mass is 224 g/mol. The van der Waals surface area contributed by atoms with Crippen LogP contribution >= 0.6 is 0 Å². The molecule has 1 rings (SSSR count). The Hall–Kier alpha value is -0.290. The summed E-state index contributed by atoms with van der Waals surface area (Å²) in [4.78, 5) is 0. The Kier molecular flexibility index (Phi) is 4.00. The first-order valence-corrected chi connectivity index (χ1v) is 5.47. The van der Waals surface area contributed by atoms with Gasteiger partial charge in [-0.15, -0.1) is 0 Å². The molecule has 1 aliphatic rings. The molecule has 1 aliphatic carbocycles. The maximum atomic E-state index is 12.5. The number of nitrogens with two attached hydrogens (primary N) is 1. The molecule has 5 heteroatoms. The highest BCUT2D eigenvalue weighted by Gasteiger charge is 2.62. The van der Waals surface area contributed by atoms with Gasteiger partial charge in [-0.05, 0) is 38.3 Å². The van der Waals surface area contributed by atoms with Crippen molar-refractivity contribution in [3.63, 3.8) is 0 Å². The van der Waals surface area contributed by atoms with E-state index in [4.69, 9.17) is 5.73 Å². The Morgan fingerprint density at radius 1 is 1.40 bits per heavy atom. The minimum Gasteiger partial charge on any atom is -0.330 e. The zero-order valence-corrected chi connectivity index (χ0v) is 9.03.